The molecule has 0 bridgehead atoms. The molecule has 1 aliphatic rings. The molecule has 0 spiro atoms. The number of ketones is 3. The molecule has 0 aliphatic heterocycles. The van der Waals surface area contributed by atoms with E-state index in [0.29, 0.717) is 24.8 Å². The maximum absolute atomic E-state index is 12.8. The highest BCUT2D eigenvalue weighted by Gasteiger charge is 2.43. The molecule has 0 N–H and O–H groups in total. The second-order valence-corrected chi connectivity index (χ2v) is 5.01. The predicted molar refractivity (Wildman–Crippen MR) is 71.8 cm³/mol. The van der Waals surface area contributed by atoms with Crippen LogP contribution in [0, 0.1) is 11.2 Å². The Labute approximate surface area is 116 Å². The Balaban J connectivity index is 2.23. The summed E-state index contributed by atoms with van der Waals surface area (Å²) in [5.41, 5.74) is -0.817. The lowest BCUT2D eigenvalue weighted by Crippen LogP contribution is -2.31. The van der Waals surface area contributed by atoms with Gasteiger partial charge in [-0.1, -0.05) is 6.08 Å². The van der Waals surface area contributed by atoms with Crippen LogP contribution in [-0.2, 0) is 9.59 Å². The van der Waals surface area contributed by atoms with E-state index in [1.165, 1.54) is 43.3 Å². The number of hydrogen-bond acceptors (Lipinski definition) is 3. The molecule has 0 heterocycles. The van der Waals surface area contributed by atoms with Crippen molar-refractivity contribution < 1.29 is 18.8 Å². The second-order valence-electron chi connectivity index (χ2n) is 5.01. The van der Waals surface area contributed by atoms with Gasteiger partial charge in [-0.15, -0.1) is 0 Å². The van der Waals surface area contributed by atoms with E-state index in [1.54, 1.807) is 0 Å². The van der Waals surface area contributed by atoms with Gasteiger partial charge >= 0.3 is 0 Å². The number of allylic oxidation sites excluding steroid dienone is 2. The lowest BCUT2D eigenvalue weighted by atomic mass is 9.80. The van der Waals surface area contributed by atoms with Crippen molar-refractivity contribution in [3.8, 4) is 0 Å². The molecule has 1 aliphatic carbocycles. The number of carbonyl (C=O) groups excluding carboxylic acids is 3. The zero-order valence-corrected chi connectivity index (χ0v) is 11.2. The van der Waals surface area contributed by atoms with Crippen molar-refractivity contribution in [1.29, 1.82) is 0 Å². The Morgan fingerprint density at radius 3 is 2.40 bits per heavy atom. The molecular formula is C16H15FO3. The van der Waals surface area contributed by atoms with Crippen LogP contribution < -0.4 is 0 Å². The molecule has 3 nitrogen and oxygen atoms in total. The van der Waals surface area contributed by atoms with Crippen molar-refractivity contribution >= 4 is 17.3 Å². The molecule has 0 amide bonds. The van der Waals surface area contributed by atoms with E-state index in [1.807, 2.05) is 0 Å². The van der Waals surface area contributed by atoms with E-state index < -0.39 is 11.2 Å². The van der Waals surface area contributed by atoms with Crippen LogP contribution in [0.5, 0.6) is 0 Å². The minimum atomic E-state index is -1.14. The average molecular weight is 274 g/mol. The molecule has 1 saturated carbocycles. The van der Waals surface area contributed by atoms with Crippen molar-refractivity contribution in [2.24, 2.45) is 5.41 Å². The summed E-state index contributed by atoms with van der Waals surface area (Å²) in [6, 6.07) is 5.14. The molecule has 2 rings (SSSR count). The standard InChI is InChI=1S/C16H15FO3/c1-11(18)16(9-2-3-15(16)20)10-8-14(19)12-4-6-13(17)7-5-12/h4-8,10H,2-3,9H2,1H3/b10-8-/t16-/m0/s1. The van der Waals surface area contributed by atoms with Crippen molar-refractivity contribution in [1.82, 2.24) is 0 Å². The van der Waals surface area contributed by atoms with E-state index in [0.717, 1.165) is 0 Å². The quantitative estimate of drug-likeness (QED) is 0.482. The maximum atomic E-state index is 12.8. The summed E-state index contributed by atoms with van der Waals surface area (Å²) < 4.78 is 12.8. The van der Waals surface area contributed by atoms with Gasteiger partial charge in [0.25, 0.3) is 0 Å². The molecule has 0 aromatic heterocycles. The van der Waals surface area contributed by atoms with Gasteiger partial charge in [-0.25, -0.2) is 4.39 Å². The van der Waals surface area contributed by atoms with Crippen LogP contribution in [0.3, 0.4) is 0 Å². The van der Waals surface area contributed by atoms with Gasteiger partial charge in [0.05, 0.1) is 0 Å². The van der Waals surface area contributed by atoms with Crippen molar-refractivity contribution in [2.45, 2.75) is 26.2 Å². The Morgan fingerprint density at radius 1 is 1.25 bits per heavy atom. The minimum absolute atomic E-state index is 0.131. The molecule has 1 atom stereocenters. The summed E-state index contributed by atoms with van der Waals surface area (Å²) in [6.45, 7) is 1.37. The van der Waals surface area contributed by atoms with Crippen LogP contribution in [0.1, 0.15) is 36.5 Å². The lowest BCUT2D eigenvalue weighted by molar-refractivity contribution is -0.134. The van der Waals surface area contributed by atoms with Gasteiger partial charge in [-0.2, -0.15) is 0 Å². The summed E-state index contributed by atoms with van der Waals surface area (Å²) in [4.78, 5) is 35.6. The zero-order valence-electron chi connectivity index (χ0n) is 11.2. The number of halogens is 1. The Morgan fingerprint density at radius 2 is 1.90 bits per heavy atom. The molecule has 0 unspecified atom stereocenters. The topological polar surface area (TPSA) is 51.2 Å². The summed E-state index contributed by atoms with van der Waals surface area (Å²) in [5, 5.41) is 0. The van der Waals surface area contributed by atoms with Crippen LogP contribution in [0.2, 0.25) is 0 Å². The normalized spacial score (nSPS) is 22.4. The summed E-state index contributed by atoms with van der Waals surface area (Å²) in [5.74, 6) is -1.13. The van der Waals surface area contributed by atoms with Crippen molar-refractivity contribution in [3.63, 3.8) is 0 Å². The summed E-state index contributed by atoms with van der Waals surface area (Å²) >= 11 is 0. The first-order chi connectivity index (χ1) is 9.45. The molecule has 20 heavy (non-hydrogen) atoms. The fourth-order valence-corrected chi connectivity index (χ4v) is 2.48. The largest absolute Gasteiger partial charge is 0.299 e. The molecule has 1 aromatic rings. The predicted octanol–water partition coefficient (Wildman–Crippen LogP) is 2.89. The van der Waals surface area contributed by atoms with Gasteiger partial charge in [-0.3, -0.25) is 14.4 Å². The van der Waals surface area contributed by atoms with Gasteiger partial charge in [0.2, 0.25) is 0 Å². The van der Waals surface area contributed by atoms with Crippen molar-refractivity contribution in [3.05, 3.63) is 47.8 Å². The summed E-state index contributed by atoms with van der Waals surface area (Å²) in [7, 11) is 0. The molecular weight excluding hydrogens is 259 g/mol. The Hall–Kier alpha value is -2.10. The third kappa shape index (κ3) is 2.59. The molecule has 0 radical (unpaired) electrons. The number of benzene rings is 1. The van der Waals surface area contributed by atoms with E-state index in [9.17, 15) is 18.8 Å². The first-order valence-corrected chi connectivity index (χ1v) is 6.49. The maximum Gasteiger partial charge on any atom is 0.185 e. The fourth-order valence-electron chi connectivity index (χ4n) is 2.48. The third-order valence-electron chi connectivity index (χ3n) is 3.75. The minimum Gasteiger partial charge on any atom is -0.299 e. The van der Waals surface area contributed by atoms with Gasteiger partial charge in [0, 0.05) is 12.0 Å². The van der Waals surface area contributed by atoms with E-state index in [-0.39, 0.29) is 17.3 Å². The van der Waals surface area contributed by atoms with Crippen LogP contribution >= 0.6 is 0 Å². The molecule has 104 valence electrons. The molecule has 1 fully saturated rings. The van der Waals surface area contributed by atoms with Crippen LogP contribution in [0.25, 0.3) is 0 Å². The van der Waals surface area contributed by atoms with Gasteiger partial charge < -0.3 is 0 Å². The number of hydrogen-bond donors (Lipinski definition) is 0. The number of carbonyl (C=O) groups is 3. The highest BCUT2D eigenvalue weighted by molar-refractivity contribution is 6.11. The number of Topliss-reactive ketones (excluding diaryl/α,β-unsaturated/α-hetero) is 2. The van der Waals surface area contributed by atoms with Crippen molar-refractivity contribution in [2.75, 3.05) is 0 Å². The Kier molecular flexibility index (Phi) is 3.93. The zero-order chi connectivity index (χ0) is 14.8. The summed E-state index contributed by atoms with van der Waals surface area (Å²) in [6.07, 6.45) is 4.14. The van der Waals surface area contributed by atoms with Crippen LogP contribution in [0.15, 0.2) is 36.4 Å². The molecule has 4 heteroatoms. The third-order valence-corrected chi connectivity index (χ3v) is 3.75. The highest BCUT2D eigenvalue weighted by atomic mass is 19.1. The molecule has 0 saturated heterocycles. The van der Waals surface area contributed by atoms with Crippen LogP contribution in [-0.4, -0.2) is 17.3 Å². The fraction of sp³-hybridized carbons (Fsp3) is 0.312. The van der Waals surface area contributed by atoms with Gasteiger partial charge in [0.15, 0.2) is 5.78 Å². The average Bonchev–Trinajstić information content (AvgIpc) is 2.79. The van der Waals surface area contributed by atoms with Gasteiger partial charge in [-0.05, 0) is 50.1 Å². The first kappa shape index (κ1) is 14.3. The SMILES string of the molecule is CC(=O)[C@@]1(/C=C\C(=O)c2ccc(F)cc2)CCCC1=O. The Bertz CT molecular complexity index is 586. The lowest BCUT2D eigenvalue weighted by Gasteiger charge is -2.19. The smallest absolute Gasteiger partial charge is 0.185 e. The molecule has 1 aromatic carbocycles. The van der Waals surface area contributed by atoms with Crippen LogP contribution in [0.4, 0.5) is 4.39 Å². The van der Waals surface area contributed by atoms with E-state index in [4.69, 9.17) is 0 Å². The monoisotopic (exact) mass is 274 g/mol. The van der Waals surface area contributed by atoms with E-state index in [2.05, 4.69) is 0 Å². The second kappa shape index (κ2) is 5.49. The highest BCUT2D eigenvalue weighted by Crippen LogP contribution is 2.37. The van der Waals surface area contributed by atoms with Gasteiger partial charge in [0.1, 0.15) is 22.8 Å². The number of rotatable bonds is 4. The first-order valence-electron chi connectivity index (χ1n) is 6.49. The van der Waals surface area contributed by atoms with E-state index >= 15 is 0 Å².